The molecule has 9 nitrogen and oxygen atoms in total. The lowest BCUT2D eigenvalue weighted by atomic mass is 9.79. The fourth-order valence-electron chi connectivity index (χ4n) is 2.91. The molecule has 3 rings (SSSR count). The zero-order valence-electron chi connectivity index (χ0n) is 12.1. The second-order valence-electron chi connectivity index (χ2n) is 5.56. The predicted octanol–water partition coefficient (Wildman–Crippen LogP) is 2.03. The third kappa shape index (κ3) is 3.06. The summed E-state index contributed by atoms with van der Waals surface area (Å²) in [7, 11) is 0. The van der Waals surface area contributed by atoms with Crippen molar-refractivity contribution in [3.63, 3.8) is 0 Å². The van der Waals surface area contributed by atoms with Gasteiger partial charge in [-0.25, -0.2) is 4.98 Å². The van der Waals surface area contributed by atoms with E-state index in [1.165, 1.54) is 0 Å². The summed E-state index contributed by atoms with van der Waals surface area (Å²) < 4.78 is 11.3. The molecule has 1 spiro atoms. The molecule has 0 atom stereocenters. The lowest BCUT2D eigenvalue weighted by molar-refractivity contribution is -0.384. The maximum Gasteiger partial charge on any atom is 0.329 e. The molecule has 10 heteroatoms. The summed E-state index contributed by atoms with van der Waals surface area (Å²) in [5.41, 5.74) is -1.30. The van der Waals surface area contributed by atoms with Crippen molar-refractivity contribution in [2.24, 2.45) is 0 Å². The number of nitriles is 1. The van der Waals surface area contributed by atoms with Crippen LogP contribution in [0.1, 0.15) is 25.7 Å². The lowest BCUT2D eigenvalue weighted by Gasteiger charge is -2.40. The number of aromatic nitrogens is 2. The predicted molar refractivity (Wildman–Crippen MR) is 78.8 cm³/mol. The molecule has 0 radical (unpaired) electrons. The highest BCUT2D eigenvalue weighted by molar-refractivity contribution is 6.28. The lowest BCUT2D eigenvalue weighted by Crippen LogP contribution is -2.47. The summed E-state index contributed by atoms with van der Waals surface area (Å²) in [6.07, 6.45) is 2.92. The number of nitrogens with zero attached hydrogens (tertiary/aromatic N) is 4. The number of ether oxygens (including phenoxy) is 2. The van der Waals surface area contributed by atoms with Crippen molar-refractivity contribution in [3.8, 4) is 6.07 Å². The number of nitrogens with one attached hydrogen (secondary N) is 1. The molecule has 0 aromatic carbocycles. The number of anilines is 1. The molecular weight excluding hydrogens is 326 g/mol. The van der Waals surface area contributed by atoms with Crippen LogP contribution in [-0.4, -0.2) is 39.4 Å². The van der Waals surface area contributed by atoms with Gasteiger partial charge in [-0.05, 0) is 24.4 Å². The molecule has 1 aromatic rings. The smallest absolute Gasteiger partial charge is 0.329 e. The molecule has 1 aliphatic carbocycles. The first-order valence-electron chi connectivity index (χ1n) is 7.12. The Bertz CT molecular complexity index is 661. The monoisotopic (exact) mass is 339 g/mol. The Morgan fingerprint density at radius 3 is 2.57 bits per heavy atom. The van der Waals surface area contributed by atoms with E-state index in [0.717, 1.165) is 6.20 Å². The highest BCUT2D eigenvalue weighted by Gasteiger charge is 2.47. The summed E-state index contributed by atoms with van der Waals surface area (Å²) in [6.45, 7) is 1.08. The average molecular weight is 340 g/mol. The number of rotatable bonds is 3. The molecule has 122 valence electrons. The van der Waals surface area contributed by atoms with Crippen LogP contribution in [0, 0.1) is 21.4 Å². The fourth-order valence-corrected chi connectivity index (χ4v) is 3.05. The van der Waals surface area contributed by atoms with Gasteiger partial charge < -0.3 is 14.8 Å². The Morgan fingerprint density at radius 2 is 2.00 bits per heavy atom. The van der Waals surface area contributed by atoms with Crippen molar-refractivity contribution in [1.29, 1.82) is 5.26 Å². The number of hydrogen-bond donors (Lipinski definition) is 1. The number of nitro groups is 1. The van der Waals surface area contributed by atoms with E-state index in [-0.39, 0.29) is 16.8 Å². The van der Waals surface area contributed by atoms with E-state index < -0.39 is 16.2 Å². The molecule has 1 saturated heterocycles. The first-order valence-corrected chi connectivity index (χ1v) is 7.50. The van der Waals surface area contributed by atoms with Gasteiger partial charge in [-0.15, -0.1) is 0 Å². The number of hydrogen-bond acceptors (Lipinski definition) is 8. The van der Waals surface area contributed by atoms with Crippen LogP contribution < -0.4 is 5.32 Å². The Labute approximate surface area is 136 Å². The third-order valence-corrected chi connectivity index (χ3v) is 4.37. The Kier molecular flexibility index (Phi) is 4.06. The van der Waals surface area contributed by atoms with Crippen molar-refractivity contribution < 1.29 is 14.4 Å². The minimum atomic E-state index is -0.983. The summed E-state index contributed by atoms with van der Waals surface area (Å²) in [5, 5.41) is 23.5. The summed E-state index contributed by atoms with van der Waals surface area (Å²) in [5.74, 6) is -0.683. The van der Waals surface area contributed by atoms with E-state index in [1.807, 2.05) is 0 Å². The normalized spacial score (nSPS) is 21.7. The molecule has 2 heterocycles. The molecular formula is C13H14ClN5O4. The topological polar surface area (TPSA) is 123 Å². The molecule has 0 unspecified atom stereocenters. The van der Waals surface area contributed by atoms with Gasteiger partial charge in [0.05, 0.1) is 24.2 Å². The van der Waals surface area contributed by atoms with E-state index in [0.29, 0.717) is 38.9 Å². The van der Waals surface area contributed by atoms with Crippen LogP contribution >= 0.6 is 11.6 Å². The molecule has 0 amide bonds. The maximum atomic E-state index is 11.1. The van der Waals surface area contributed by atoms with Gasteiger partial charge in [0.1, 0.15) is 11.7 Å². The molecule has 23 heavy (non-hydrogen) atoms. The van der Waals surface area contributed by atoms with Crippen molar-refractivity contribution in [2.45, 2.75) is 37.0 Å². The van der Waals surface area contributed by atoms with Gasteiger partial charge >= 0.3 is 5.69 Å². The minimum absolute atomic E-state index is 0.0549. The van der Waals surface area contributed by atoms with Crippen molar-refractivity contribution >= 4 is 23.1 Å². The van der Waals surface area contributed by atoms with Gasteiger partial charge in [0.15, 0.2) is 5.79 Å². The molecule has 1 saturated carbocycles. The zero-order valence-corrected chi connectivity index (χ0v) is 12.9. The van der Waals surface area contributed by atoms with E-state index in [4.69, 9.17) is 21.1 Å². The average Bonchev–Trinajstić information content (AvgIpc) is 2.98. The number of halogens is 1. The highest BCUT2D eigenvalue weighted by Crippen LogP contribution is 2.42. The van der Waals surface area contributed by atoms with Crippen LogP contribution in [0.2, 0.25) is 5.28 Å². The minimum Gasteiger partial charge on any atom is -0.348 e. The van der Waals surface area contributed by atoms with Gasteiger partial charge in [-0.1, -0.05) is 0 Å². The third-order valence-electron chi connectivity index (χ3n) is 4.19. The maximum absolute atomic E-state index is 11.1. The second-order valence-corrected chi connectivity index (χ2v) is 5.89. The summed E-state index contributed by atoms with van der Waals surface area (Å²) in [6, 6.07) is 2.21. The van der Waals surface area contributed by atoms with Gasteiger partial charge in [-0.3, -0.25) is 10.1 Å². The standard InChI is InChI=1S/C13H14ClN5O4/c14-11-16-7-9(19(20)21)10(17-11)18-12(8-15)1-3-13(4-2-12)22-5-6-23-13/h7H,1-6H2,(H,16,17,18). The Balaban J connectivity index is 1.82. The van der Waals surface area contributed by atoms with Crippen LogP contribution in [0.5, 0.6) is 0 Å². The molecule has 2 fully saturated rings. The van der Waals surface area contributed by atoms with E-state index in [9.17, 15) is 15.4 Å². The van der Waals surface area contributed by atoms with Crippen LogP contribution in [-0.2, 0) is 9.47 Å². The molecule has 0 bridgehead atoms. The SMILES string of the molecule is N#CC1(Nc2nc(Cl)ncc2[N+](=O)[O-])CCC2(CC1)OCCO2. The van der Waals surface area contributed by atoms with Gasteiger partial charge in [0.25, 0.3) is 0 Å². The fraction of sp³-hybridized carbons (Fsp3) is 0.615. The van der Waals surface area contributed by atoms with Crippen LogP contribution in [0.25, 0.3) is 0 Å². The van der Waals surface area contributed by atoms with Crippen molar-refractivity contribution in [2.75, 3.05) is 18.5 Å². The molecule has 1 aromatic heterocycles. The first-order chi connectivity index (χ1) is 11.0. The second kappa shape index (κ2) is 5.88. The molecule has 1 N–H and O–H groups in total. The van der Waals surface area contributed by atoms with E-state index >= 15 is 0 Å². The van der Waals surface area contributed by atoms with Crippen LogP contribution in [0.4, 0.5) is 11.5 Å². The molecule has 2 aliphatic rings. The quantitative estimate of drug-likeness (QED) is 0.504. The Hall–Kier alpha value is -2.02. The van der Waals surface area contributed by atoms with E-state index in [2.05, 4.69) is 21.4 Å². The summed E-state index contributed by atoms with van der Waals surface area (Å²) in [4.78, 5) is 17.9. The van der Waals surface area contributed by atoms with Crippen molar-refractivity contribution in [1.82, 2.24) is 9.97 Å². The van der Waals surface area contributed by atoms with Gasteiger partial charge in [-0.2, -0.15) is 10.2 Å². The largest absolute Gasteiger partial charge is 0.348 e. The summed E-state index contributed by atoms with van der Waals surface area (Å²) >= 11 is 5.72. The molecule has 1 aliphatic heterocycles. The first kappa shape index (κ1) is 15.9. The Morgan fingerprint density at radius 1 is 1.35 bits per heavy atom. The van der Waals surface area contributed by atoms with Crippen molar-refractivity contribution in [3.05, 3.63) is 21.6 Å². The van der Waals surface area contributed by atoms with Crippen LogP contribution in [0.3, 0.4) is 0 Å². The van der Waals surface area contributed by atoms with E-state index in [1.54, 1.807) is 0 Å². The van der Waals surface area contributed by atoms with Gasteiger partial charge in [0, 0.05) is 12.8 Å². The highest BCUT2D eigenvalue weighted by atomic mass is 35.5. The van der Waals surface area contributed by atoms with Gasteiger partial charge in [0.2, 0.25) is 11.1 Å². The zero-order chi connectivity index (χ0) is 16.5. The van der Waals surface area contributed by atoms with Crippen LogP contribution in [0.15, 0.2) is 6.20 Å².